The van der Waals surface area contributed by atoms with E-state index in [1.165, 1.54) is 12.1 Å². The minimum atomic E-state index is -0.368. The molecular formula is C29H33FN2O4. The fourth-order valence-corrected chi connectivity index (χ4v) is 6.64. The van der Waals surface area contributed by atoms with Crippen LogP contribution in [0.4, 0.5) is 9.18 Å². The van der Waals surface area contributed by atoms with Crippen LogP contribution in [0.2, 0.25) is 0 Å². The maximum absolute atomic E-state index is 13.6. The SMILES string of the molecule is CCOC(=O)N[C@H]1CC[C@H]2[C@@H](C1)C[C@@H]1C(=O)O[C@@H](C)[C@H]1[C@H]2C=Cc1ccc(-c2cccc(F)c2)cn1. The Kier molecular flexibility index (Phi) is 7.08. The summed E-state index contributed by atoms with van der Waals surface area (Å²) in [5.74, 6) is 0.629. The molecule has 36 heavy (non-hydrogen) atoms. The number of pyridine rings is 1. The highest BCUT2D eigenvalue weighted by Gasteiger charge is 2.54. The van der Waals surface area contributed by atoms with Gasteiger partial charge in [0.2, 0.25) is 0 Å². The molecule has 2 aliphatic carbocycles. The smallest absolute Gasteiger partial charge is 0.407 e. The van der Waals surface area contributed by atoms with Crippen LogP contribution in [0.3, 0.4) is 0 Å². The van der Waals surface area contributed by atoms with Gasteiger partial charge in [0, 0.05) is 23.7 Å². The number of esters is 1. The fraction of sp³-hybridized carbons (Fsp3) is 0.483. The molecule has 0 spiro atoms. The zero-order chi connectivity index (χ0) is 25.2. The third kappa shape index (κ3) is 5.01. The van der Waals surface area contributed by atoms with Crippen molar-refractivity contribution in [2.75, 3.05) is 6.61 Å². The highest BCUT2D eigenvalue weighted by molar-refractivity contribution is 5.75. The molecule has 1 saturated heterocycles. The maximum atomic E-state index is 13.6. The molecule has 2 heterocycles. The molecule has 1 aromatic carbocycles. The van der Waals surface area contributed by atoms with E-state index in [9.17, 15) is 14.0 Å². The number of benzene rings is 1. The maximum Gasteiger partial charge on any atom is 0.407 e. The first kappa shape index (κ1) is 24.5. The van der Waals surface area contributed by atoms with Crippen LogP contribution in [0.1, 0.15) is 45.2 Å². The largest absolute Gasteiger partial charge is 0.462 e. The number of carbonyl (C=O) groups is 2. The molecule has 2 aromatic rings. The summed E-state index contributed by atoms with van der Waals surface area (Å²) in [6, 6.07) is 10.4. The van der Waals surface area contributed by atoms with E-state index >= 15 is 0 Å². The summed E-state index contributed by atoms with van der Waals surface area (Å²) in [5, 5.41) is 3.00. The van der Waals surface area contributed by atoms with Crippen LogP contribution in [0.5, 0.6) is 0 Å². The van der Waals surface area contributed by atoms with Crippen LogP contribution in [0, 0.1) is 35.4 Å². The van der Waals surface area contributed by atoms with Gasteiger partial charge < -0.3 is 14.8 Å². The molecule has 0 unspecified atom stereocenters. The molecule has 190 valence electrons. The van der Waals surface area contributed by atoms with E-state index in [-0.39, 0.29) is 47.8 Å². The van der Waals surface area contributed by atoms with E-state index in [0.29, 0.717) is 18.4 Å². The number of nitrogens with one attached hydrogen (secondary N) is 1. The first-order valence-electron chi connectivity index (χ1n) is 13.0. The quantitative estimate of drug-likeness (QED) is 0.548. The minimum absolute atomic E-state index is 0.0679. The number of ether oxygens (including phenoxy) is 2. The van der Waals surface area contributed by atoms with Gasteiger partial charge in [0.25, 0.3) is 0 Å². The van der Waals surface area contributed by atoms with Crippen molar-refractivity contribution in [3.8, 4) is 11.1 Å². The second kappa shape index (κ2) is 10.4. The van der Waals surface area contributed by atoms with Gasteiger partial charge in [-0.1, -0.05) is 24.3 Å². The van der Waals surface area contributed by atoms with E-state index in [1.807, 2.05) is 31.2 Å². The van der Waals surface area contributed by atoms with Crippen LogP contribution in [0.15, 0.2) is 48.7 Å². The number of hydrogen-bond acceptors (Lipinski definition) is 5. The number of cyclic esters (lactones) is 1. The number of nitrogens with zero attached hydrogens (tertiary/aromatic N) is 1. The molecule has 2 saturated carbocycles. The predicted molar refractivity (Wildman–Crippen MR) is 134 cm³/mol. The van der Waals surface area contributed by atoms with Gasteiger partial charge >= 0.3 is 12.1 Å². The lowest BCUT2D eigenvalue weighted by atomic mass is 9.57. The van der Waals surface area contributed by atoms with E-state index in [4.69, 9.17) is 9.47 Å². The van der Waals surface area contributed by atoms with Crippen molar-refractivity contribution < 1.29 is 23.5 Å². The van der Waals surface area contributed by atoms with Gasteiger partial charge in [0.1, 0.15) is 11.9 Å². The topological polar surface area (TPSA) is 77.5 Å². The van der Waals surface area contributed by atoms with E-state index < -0.39 is 0 Å². The molecule has 3 aliphatic rings. The Hall–Kier alpha value is -3.22. The van der Waals surface area contributed by atoms with Gasteiger partial charge in [-0.3, -0.25) is 9.78 Å². The first-order chi connectivity index (χ1) is 17.4. The standard InChI is InChI=1S/C29H33FN2O4/c1-3-35-29(34)32-23-10-11-24-20(14-23)15-26-27(17(2)36-28(26)33)25(24)12-9-22-8-7-19(16-31-22)18-5-4-6-21(30)13-18/h4-9,12-13,16-17,20,23-27H,3,10-11,14-15H2,1-2H3,(H,32,34)/t17-,20-,23-,24-,25-,26-,27-/m0/s1. The van der Waals surface area contributed by atoms with Crippen LogP contribution in [0.25, 0.3) is 17.2 Å². The van der Waals surface area contributed by atoms with E-state index in [1.54, 1.807) is 19.2 Å². The number of amides is 1. The third-order valence-corrected chi connectivity index (χ3v) is 8.18. The Morgan fingerprint density at radius 2 is 2.08 bits per heavy atom. The number of hydrogen-bond donors (Lipinski definition) is 1. The monoisotopic (exact) mass is 492 g/mol. The van der Waals surface area contributed by atoms with Crippen molar-refractivity contribution in [3.63, 3.8) is 0 Å². The summed E-state index contributed by atoms with van der Waals surface area (Å²) in [4.78, 5) is 29.2. The van der Waals surface area contributed by atoms with Crippen molar-refractivity contribution in [1.82, 2.24) is 10.3 Å². The zero-order valence-corrected chi connectivity index (χ0v) is 20.7. The molecule has 1 aliphatic heterocycles. The number of halogens is 1. The van der Waals surface area contributed by atoms with Crippen LogP contribution in [-0.2, 0) is 14.3 Å². The van der Waals surface area contributed by atoms with Crippen molar-refractivity contribution in [2.45, 2.75) is 51.7 Å². The average molecular weight is 493 g/mol. The van der Waals surface area contributed by atoms with Gasteiger partial charge in [0.15, 0.2) is 0 Å². The molecule has 1 N–H and O–H groups in total. The first-order valence-corrected chi connectivity index (χ1v) is 13.0. The lowest BCUT2D eigenvalue weighted by molar-refractivity contribution is -0.144. The zero-order valence-electron chi connectivity index (χ0n) is 20.7. The molecular weight excluding hydrogens is 459 g/mol. The van der Waals surface area contributed by atoms with Gasteiger partial charge in [-0.15, -0.1) is 0 Å². The van der Waals surface area contributed by atoms with E-state index in [2.05, 4.69) is 16.4 Å². The normalized spacial score (nSPS) is 31.4. The minimum Gasteiger partial charge on any atom is -0.462 e. The fourth-order valence-electron chi connectivity index (χ4n) is 6.64. The summed E-state index contributed by atoms with van der Waals surface area (Å²) in [6.45, 7) is 4.15. The van der Waals surface area contributed by atoms with Crippen LogP contribution >= 0.6 is 0 Å². The summed E-state index contributed by atoms with van der Waals surface area (Å²) >= 11 is 0. The van der Waals surface area contributed by atoms with Crippen molar-refractivity contribution >= 4 is 18.1 Å². The van der Waals surface area contributed by atoms with Crippen LogP contribution in [-0.4, -0.2) is 35.8 Å². The average Bonchev–Trinajstić information content (AvgIpc) is 3.15. The summed E-state index contributed by atoms with van der Waals surface area (Å²) in [7, 11) is 0. The molecule has 6 nitrogen and oxygen atoms in total. The van der Waals surface area contributed by atoms with Crippen molar-refractivity contribution in [1.29, 1.82) is 0 Å². The highest BCUT2D eigenvalue weighted by Crippen LogP contribution is 2.53. The number of carbonyl (C=O) groups excluding carboxylic acids is 2. The van der Waals surface area contributed by atoms with Crippen molar-refractivity contribution in [3.05, 3.63) is 60.2 Å². The molecule has 3 fully saturated rings. The lowest BCUT2D eigenvalue weighted by Crippen LogP contribution is -2.48. The molecule has 5 rings (SSSR count). The second-order valence-corrected chi connectivity index (χ2v) is 10.3. The Labute approximate surface area is 211 Å². The number of aromatic nitrogens is 1. The Balaban J connectivity index is 1.34. The molecule has 0 radical (unpaired) electrons. The van der Waals surface area contributed by atoms with Gasteiger partial charge in [-0.25, -0.2) is 9.18 Å². The van der Waals surface area contributed by atoms with E-state index in [0.717, 1.165) is 42.5 Å². The number of allylic oxidation sites excluding steroid dienone is 1. The number of fused-ring (bicyclic) bond motifs is 2. The van der Waals surface area contributed by atoms with Gasteiger partial charge in [-0.2, -0.15) is 0 Å². The summed E-state index contributed by atoms with van der Waals surface area (Å²) in [6.07, 6.45) is 9.07. The Morgan fingerprint density at radius 1 is 1.22 bits per heavy atom. The summed E-state index contributed by atoms with van der Waals surface area (Å²) < 4.78 is 24.3. The predicted octanol–water partition coefficient (Wildman–Crippen LogP) is 5.63. The molecule has 0 bridgehead atoms. The van der Waals surface area contributed by atoms with Crippen LogP contribution < -0.4 is 5.32 Å². The van der Waals surface area contributed by atoms with Crippen molar-refractivity contribution in [2.24, 2.45) is 29.6 Å². The van der Waals surface area contributed by atoms with Gasteiger partial charge in [0.05, 0.1) is 18.2 Å². The Bertz CT molecular complexity index is 1130. The Morgan fingerprint density at radius 3 is 2.83 bits per heavy atom. The van der Waals surface area contributed by atoms with Gasteiger partial charge in [-0.05, 0) is 87.1 Å². The molecule has 7 heteroatoms. The lowest BCUT2D eigenvalue weighted by Gasteiger charge is -2.47. The molecule has 7 atom stereocenters. The third-order valence-electron chi connectivity index (χ3n) is 8.18. The molecule has 1 aromatic heterocycles. The highest BCUT2D eigenvalue weighted by atomic mass is 19.1. The summed E-state index contributed by atoms with van der Waals surface area (Å²) in [5.41, 5.74) is 2.48. The number of alkyl carbamates (subject to hydrolysis) is 1. The number of rotatable bonds is 5. The second-order valence-electron chi connectivity index (χ2n) is 10.3. The molecule has 1 amide bonds.